The van der Waals surface area contributed by atoms with Crippen LogP contribution in [0.15, 0.2) is 32.1 Å². The fourth-order valence-electron chi connectivity index (χ4n) is 1.39. The standard InChI is InChI=1S/C10H9BrN2O4/c1-15-7-4-3-6(5-8(7)16-2)13-9(11)10(14)17-12-13/h3-5H,1-2H3/p+1. The van der Waals surface area contributed by atoms with Gasteiger partial charge in [-0.2, -0.15) is 0 Å². The summed E-state index contributed by atoms with van der Waals surface area (Å²) in [5.74, 6) is 1.17. The van der Waals surface area contributed by atoms with Crippen molar-refractivity contribution in [3.8, 4) is 17.2 Å². The fourth-order valence-corrected chi connectivity index (χ4v) is 1.75. The second-order valence-corrected chi connectivity index (χ2v) is 3.90. The molecule has 0 radical (unpaired) electrons. The van der Waals surface area contributed by atoms with Crippen molar-refractivity contribution in [1.29, 1.82) is 0 Å². The van der Waals surface area contributed by atoms with Crippen LogP contribution < -0.4 is 19.8 Å². The summed E-state index contributed by atoms with van der Waals surface area (Å²) in [6.45, 7) is 0. The largest absolute Gasteiger partial charge is 0.493 e. The number of hydrogen-bond donors (Lipinski definition) is 1. The molecule has 0 fully saturated rings. The first kappa shape index (κ1) is 11.7. The number of hydrogen-bond acceptors (Lipinski definition) is 4. The minimum atomic E-state index is -0.486. The summed E-state index contributed by atoms with van der Waals surface area (Å²) in [6.07, 6.45) is 0. The number of aromatic nitrogens is 2. The molecule has 17 heavy (non-hydrogen) atoms. The molecule has 0 amide bonds. The molecule has 0 atom stereocenters. The first-order chi connectivity index (χ1) is 8.17. The summed E-state index contributed by atoms with van der Waals surface area (Å²) >= 11 is 3.12. The highest BCUT2D eigenvalue weighted by molar-refractivity contribution is 9.10. The van der Waals surface area contributed by atoms with Crippen LogP contribution in [0.25, 0.3) is 5.69 Å². The number of ether oxygens (including phenoxy) is 2. The molecule has 7 heteroatoms. The molecule has 1 N–H and O–H groups in total. The molecule has 0 aliphatic heterocycles. The van der Waals surface area contributed by atoms with Crippen molar-refractivity contribution < 1.29 is 18.7 Å². The summed E-state index contributed by atoms with van der Waals surface area (Å²) in [6, 6.07) is 5.21. The first-order valence-electron chi connectivity index (χ1n) is 4.68. The van der Waals surface area contributed by atoms with Gasteiger partial charge in [0, 0.05) is 22.0 Å². The van der Waals surface area contributed by atoms with Crippen LogP contribution in [0.4, 0.5) is 0 Å². The number of H-pyrrole nitrogens is 1. The molecule has 2 aromatic rings. The predicted octanol–water partition coefficient (Wildman–Crippen LogP) is 1.02. The topological polar surface area (TPSA) is 68.3 Å². The molecule has 90 valence electrons. The molecular formula is C10H10BrN2O4+. The molecule has 0 saturated carbocycles. The molecule has 0 bridgehead atoms. The lowest BCUT2D eigenvalue weighted by Crippen LogP contribution is -2.34. The maximum Gasteiger partial charge on any atom is 0.442 e. The quantitative estimate of drug-likeness (QED) is 0.860. The second kappa shape index (κ2) is 4.62. The smallest absolute Gasteiger partial charge is 0.442 e. The van der Waals surface area contributed by atoms with Crippen molar-refractivity contribution in [2.75, 3.05) is 14.2 Å². The predicted molar refractivity (Wildman–Crippen MR) is 61.7 cm³/mol. The highest BCUT2D eigenvalue weighted by Gasteiger charge is 2.21. The fraction of sp³-hybridized carbons (Fsp3) is 0.200. The molecule has 0 aliphatic carbocycles. The van der Waals surface area contributed by atoms with Crippen LogP contribution in [-0.4, -0.2) is 19.5 Å². The van der Waals surface area contributed by atoms with E-state index in [1.807, 2.05) is 0 Å². The Morgan fingerprint density at radius 1 is 1.29 bits per heavy atom. The lowest BCUT2D eigenvalue weighted by molar-refractivity contribution is -0.680. The SMILES string of the molecule is COc1ccc(-[n+]2[nH]oc(=O)c2Br)cc1OC. The number of nitrogens with one attached hydrogen (secondary N) is 1. The third-order valence-electron chi connectivity index (χ3n) is 2.22. The van der Waals surface area contributed by atoms with Crippen LogP contribution in [0.2, 0.25) is 0 Å². The van der Waals surface area contributed by atoms with E-state index in [4.69, 9.17) is 9.47 Å². The van der Waals surface area contributed by atoms with E-state index in [9.17, 15) is 4.79 Å². The van der Waals surface area contributed by atoms with Gasteiger partial charge in [0.05, 0.1) is 20.3 Å². The summed E-state index contributed by atoms with van der Waals surface area (Å²) in [7, 11) is 3.10. The third-order valence-corrected chi connectivity index (χ3v) is 2.90. The van der Waals surface area contributed by atoms with Gasteiger partial charge in [-0.05, 0) is 16.0 Å². The van der Waals surface area contributed by atoms with E-state index in [-0.39, 0.29) is 4.60 Å². The van der Waals surface area contributed by atoms with Crippen LogP contribution in [0, 0.1) is 0 Å². The molecule has 1 heterocycles. The van der Waals surface area contributed by atoms with Crippen LogP contribution in [0.5, 0.6) is 11.5 Å². The van der Waals surface area contributed by atoms with Crippen LogP contribution in [0.1, 0.15) is 0 Å². The van der Waals surface area contributed by atoms with Crippen molar-refractivity contribution in [2.45, 2.75) is 0 Å². The lowest BCUT2D eigenvalue weighted by Gasteiger charge is -2.05. The van der Waals surface area contributed by atoms with Crippen molar-refractivity contribution in [2.24, 2.45) is 0 Å². The van der Waals surface area contributed by atoms with E-state index in [2.05, 4.69) is 25.7 Å². The minimum Gasteiger partial charge on any atom is -0.493 e. The molecule has 0 spiro atoms. The third kappa shape index (κ3) is 2.05. The van der Waals surface area contributed by atoms with E-state index in [1.165, 1.54) is 4.68 Å². The molecule has 2 rings (SSSR count). The van der Waals surface area contributed by atoms with Crippen LogP contribution in [0.3, 0.4) is 0 Å². The maximum absolute atomic E-state index is 11.2. The molecule has 0 aliphatic rings. The van der Waals surface area contributed by atoms with E-state index in [0.29, 0.717) is 17.2 Å². The van der Waals surface area contributed by atoms with Gasteiger partial charge in [-0.1, -0.05) is 0 Å². The molecule has 1 aromatic carbocycles. The summed E-state index contributed by atoms with van der Waals surface area (Å²) in [5.41, 5.74) is 0.195. The Morgan fingerprint density at radius 2 is 2.00 bits per heavy atom. The van der Waals surface area contributed by atoms with Crippen molar-refractivity contribution in [3.05, 3.63) is 33.2 Å². The van der Waals surface area contributed by atoms with Gasteiger partial charge in [0.15, 0.2) is 11.5 Å². The molecular weight excluding hydrogens is 292 g/mol. The number of nitrogens with zero attached hydrogens (tertiary/aromatic N) is 1. The number of halogens is 1. The zero-order valence-electron chi connectivity index (χ0n) is 9.19. The van der Waals surface area contributed by atoms with Crippen molar-refractivity contribution in [3.63, 3.8) is 0 Å². The number of aromatic amines is 1. The summed E-state index contributed by atoms with van der Waals surface area (Å²) in [4.78, 5) is 11.2. The molecule has 6 nitrogen and oxygen atoms in total. The van der Waals surface area contributed by atoms with Gasteiger partial charge < -0.3 is 9.47 Å². The van der Waals surface area contributed by atoms with Gasteiger partial charge in [0.2, 0.25) is 5.69 Å². The molecule has 0 unspecified atom stereocenters. The van der Waals surface area contributed by atoms with Gasteiger partial charge in [0.1, 0.15) is 0 Å². The van der Waals surface area contributed by atoms with Gasteiger partial charge in [-0.15, -0.1) is 0 Å². The van der Waals surface area contributed by atoms with Gasteiger partial charge in [-0.3, -0.25) is 4.52 Å². The lowest BCUT2D eigenvalue weighted by atomic mass is 10.3. The Morgan fingerprint density at radius 3 is 2.53 bits per heavy atom. The number of rotatable bonds is 3. The Kier molecular flexibility index (Phi) is 3.19. The van der Waals surface area contributed by atoms with Crippen molar-refractivity contribution in [1.82, 2.24) is 5.27 Å². The number of benzene rings is 1. The highest BCUT2D eigenvalue weighted by atomic mass is 79.9. The normalized spacial score (nSPS) is 10.3. The van der Waals surface area contributed by atoms with Gasteiger partial charge in [-0.25, -0.2) is 4.79 Å². The Labute approximate surface area is 105 Å². The van der Waals surface area contributed by atoms with Crippen molar-refractivity contribution >= 4 is 15.9 Å². The highest BCUT2D eigenvalue weighted by Crippen LogP contribution is 2.27. The zero-order chi connectivity index (χ0) is 12.4. The maximum atomic E-state index is 11.2. The minimum absolute atomic E-state index is 0.268. The Balaban J connectivity index is 2.54. The monoisotopic (exact) mass is 301 g/mol. The van der Waals surface area contributed by atoms with E-state index >= 15 is 0 Å². The Bertz CT molecular complexity index is 590. The molecule has 0 saturated heterocycles. The average molecular weight is 302 g/mol. The van der Waals surface area contributed by atoms with E-state index in [1.54, 1.807) is 32.4 Å². The van der Waals surface area contributed by atoms with Gasteiger partial charge >= 0.3 is 10.2 Å². The second-order valence-electron chi connectivity index (χ2n) is 3.15. The summed E-state index contributed by atoms with van der Waals surface area (Å²) in [5, 5.41) is 2.46. The van der Waals surface area contributed by atoms with Crippen LogP contribution in [-0.2, 0) is 0 Å². The number of methoxy groups -OCH3 is 2. The summed E-state index contributed by atoms with van der Waals surface area (Å²) < 4.78 is 16.7. The molecule has 1 aromatic heterocycles. The van der Waals surface area contributed by atoms with E-state index in [0.717, 1.165) is 0 Å². The van der Waals surface area contributed by atoms with Crippen LogP contribution >= 0.6 is 15.9 Å². The van der Waals surface area contributed by atoms with Gasteiger partial charge in [0.25, 0.3) is 0 Å². The zero-order valence-corrected chi connectivity index (χ0v) is 10.8. The Hall–Kier alpha value is -1.76. The van der Waals surface area contributed by atoms with E-state index < -0.39 is 5.63 Å². The average Bonchev–Trinajstić information content (AvgIpc) is 2.69. The first-order valence-corrected chi connectivity index (χ1v) is 5.48.